The van der Waals surface area contributed by atoms with Crippen LogP contribution in [0.3, 0.4) is 0 Å². The largest absolute Gasteiger partial charge is 0.394 e. The topological polar surface area (TPSA) is 69.9 Å². The summed E-state index contributed by atoms with van der Waals surface area (Å²) in [7, 11) is -2.88. The Balaban J connectivity index is 2.42. The van der Waals surface area contributed by atoms with Crippen LogP contribution in [0.1, 0.15) is 38.0 Å². The smallest absolute Gasteiger partial charge is 0.0969 e. The maximum absolute atomic E-state index is 13.8. The molecule has 2 aromatic rings. The number of hydrogen-bond acceptors (Lipinski definition) is 4. The first-order valence-corrected chi connectivity index (χ1v) is 11.2. The van der Waals surface area contributed by atoms with Crippen LogP contribution < -0.4 is 0 Å². The van der Waals surface area contributed by atoms with Gasteiger partial charge in [-0.1, -0.05) is 74.9 Å². The maximum atomic E-state index is 13.8. The van der Waals surface area contributed by atoms with Crippen LogP contribution >= 0.6 is 0 Å². The second-order valence-electron chi connectivity index (χ2n) is 7.52. The van der Waals surface area contributed by atoms with Crippen LogP contribution in [-0.4, -0.2) is 27.1 Å². The van der Waals surface area contributed by atoms with E-state index in [-0.39, 0.29) is 18.4 Å². The minimum atomic E-state index is -2.88. The Morgan fingerprint density at radius 1 is 1.04 bits per heavy atom. The van der Waals surface area contributed by atoms with Crippen molar-refractivity contribution in [3.05, 3.63) is 77.2 Å². The van der Waals surface area contributed by atoms with Gasteiger partial charge in [0.25, 0.3) is 0 Å². The SMILES string of the molecule is Cc1ccc([S@@](=O)(/C=C\[C@@H](C)[C@@H](O)c2ccccc2)=N[C@H](CO)C(C)C)cc1. The molecule has 0 amide bonds. The molecule has 2 rings (SSSR count). The highest BCUT2D eigenvalue weighted by Gasteiger charge is 2.19. The summed E-state index contributed by atoms with van der Waals surface area (Å²) in [5, 5.41) is 21.9. The second kappa shape index (κ2) is 10.0. The standard InChI is InChI=1S/C23H31NO3S/c1-17(2)22(16-25)24-28(27,21-12-10-18(3)11-13-21)15-14-19(4)23(26)20-8-6-5-7-9-20/h5-15,17,19,22-23,25-26H,16H2,1-4H3/b15-14-/t19-,22-,23-,28+/m1/s1. The molecule has 152 valence electrons. The lowest BCUT2D eigenvalue weighted by Crippen LogP contribution is -2.19. The summed E-state index contributed by atoms with van der Waals surface area (Å²) in [5.74, 6) is -0.174. The van der Waals surface area contributed by atoms with Crippen molar-refractivity contribution in [1.29, 1.82) is 0 Å². The van der Waals surface area contributed by atoms with Crippen molar-refractivity contribution in [2.45, 2.75) is 44.7 Å². The Bertz CT molecular complexity index is 882. The zero-order valence-electron chi connectivity index (χ0n) is 17.0. The molecular formula is C23H31NO3S. The summed E-state index contributed by atoms with van der Waals surface area (Å²) in [5.41, 5.74) is 1.89. The average molecular weight is 402 g/mol. The molecule has 0 aromatic heterocycles. The van der Waals surface area contributed by atoms with Gasteiger partial charge in [0.2, 0.25) is 0 Å². The molecule has 0 bridgehead atoms. The van der Waals surface area contributed by atoms with Gasteiger partial charge in [-0.2, -0.15) is 0 Å². The van der Waals surface area contributed by atoms with Crippen LogP contribution in [0.4, 0.5) is 0 Å². The van der Waals surface area contributed by atoms with E-state index in [1.54, 1.807) is 11.5 Å². The average Bonchev–Trinajstić information content (AvgIpc) is 2.70. The summed E-state index contributed by atoms with van der Waals surface area (Å²) in [6.45, 7) is 7.60. The molecule has 0 aliphatic carbocycles. The van der Waals surface area contributed by atoms with Gasteiger partial charge in [0.1, 0.15) is 0 Å². The molecule has 0 saturated carbocycles. The molecule has 0 heterocycles. The van der Waals surface area contributed by atoms with Gasteiger partial charge in [-0.25, -0.2) is 8.57 Å². The second-order valence-corrected chi connectivity index (χ2v) is 9.62. The monoisotopic (exact) mass is 401 g/mol. The lowest BCUT2D eigenvalue weighted by atomic mass is 9.98. The van der Waals surface area contributed by atoms with Crippen molar-refractivity contribution in [2.24, 2.45) is 16.2 Å². The third-order valence-corrected chi connectivity index (χ3v) is 6.87. The van der Waals surface area contributed by atoms with Gasteiger partial charge in [-0.3, -0.25) is 0 Å². The molecule has 28 heavy (non-hydrogen) atoms. The van der Waals surface area contributed by atoms with Crippen molar-refractivity contribution in [2.75, 3.05) is 6.61 Å². The summed E-state index contributed by atoms with van der Waals surface area (Å²) in [6, 6.07) is 16.4. The number of aryl methyl sites for hydroxylation is 1. The number of aliphatic hydroxyl groups excluding tert-OH is 2. The number of aliphatic hydroxyl groups is 2. The Hall–Kier alpha value is -1.95. The highest BCUT2D eigenvalue weighted by atomic mass is 32.2. The molecule has 0 spiro atoms. The van der Waals surface area contributed by atoms with Gasteiger partial charge in [0, 0.05) is 11.3 Å². The molecule has 4 nitrogen and oxygen atoms in total. The molecule has 5 heteroatoms. The Kier molecular flexibility index (Phi) is 7.98. The van der Waals surface area contributed by atoms with Gasteiger partial charge in [0.05, 0.1) is 33.4 Å². The van der Waals surface area contributed by atoms with E-state index in [4.69, 9.17) is 0 Å². The van der Waals surface area contributed by atoms with Crippen LogP contribution in [0.25, 0.3) is 0 Å². The van der Waals surface area contributed by atoms with E-state index < -0.39 is 21.9 Å². The van der Waals surface area contributed by atoms with Crippen LogP contribution in [0.2, 0.25) is 0 Å². The first-order chi connectivity index (χ1) is 13.3. The third kappa shape index (κ3) is 5.77. The van der Waals surface area contributed by atoms with E-state index >= 15 is 0 Å². The van der Waals surface area contributed by atoms with Gasteiger partial charge >= 0.3 is 0 Å². The Morgan fingerprint density at radius 3 is 2.18 bits per heavy atom. The zero-order chi connectivity index (χ0) is 20.7. The Morgan fingerprint density at radius 2 is 1.64 bits per heavy atom. The first-order valence-electron chi connectivity index (χ1n) is 9.62. The zero-order valence-corrected chi connectivity index (χ0v) is 17.8. The van der Waals surface area contributed by atoms with Gasteiger partial charge < -0.3 is 10.2 Å². The molecule has 0 aliphatic rings. The van der Waals surface area contributed by atoms with E-state index in [2.05, 4.69) is 4.36 Å². The highest BCUT2D eigenvalue weighted by molar-refractivity contribution is 7.96. The minimum Gasteiger partial charge on any atom is -0.394 e. The highest BCUT2D eigenvalue weighted by Crippen LogP contribution is 2.25. The lowest BCUT2D eigenvalue weighted by Gasteiger charge is -2.18. The van der Waals surface area contributed by atoms with Crippen LogP contribution in [0.5, 0.6) is 0 Å². The fourth-order valence-corrected chi connectivity index (χ4v) is 4.81. The molecule has 2 aromatic carbocycles. The van der Waals surface area contributed by atoms with Crippen LogP contribution in [0, 0.1) is 18.8 Å². The molecule has 0 radical (unpaired) electrons. The maximum Gasteiger partial charge on any atom is 0.0969 e. The van der Waals surface area contributed by atoms with Crippen LogP contribution in [-0.2, 0) is 9.73 Å². The number of nitrogens with zero attached hydrogens (tertiary/aromatic N) is 1. The number of hydrogen-bond donors (Lipinski definition) is 2. The molecule has 2 N–H and O–H groups in total. The first kappa shape index (κ1) is 22.3. The molecule has 0 fully saturated rings. The molecular weight excluding hydrogens is 370 g/mol. The van der Waals surface area contributed by atoms with Crippen molar-refractivity contribution >= 4 is 9.73 Å². The quantitative estimate of drug-likeness (QED) is 0.672. The molecule has 0 aliphatic heterocycles. The van der Waals surface area contributed by atoms with Crippen LogP contribution in [0.15, 0.2) is 75.3 Å². The van der Waals surface area contributed by atoms with Crippen molar-refractivity contribution in [3.8, 4) is 0 Å². The van der Waals surface area contributed by atoms with Gasteiger partial charge in [-0.05, 0) is 30.5 Å². The van der Waals surface area contributed by atoms with E-state index in [1.807, 2.05) is 82.3 Å². The van der Waals surface area contributed by atoms with Crippen molar-refractivity contribution in [1.82, 2.24) is 0 Å². The van der Waals surface area contributed by atoms with Crippen molar-refractivity contribution in [3.63, 3.8) is 0 Å². The molecule has 0 saturated heterocycles. The van der Waals surface area contributed by atoms with Crippen molar-refractivity contribution < 1.29 is 14.4 Å². The van der Waals surface area contributed by atoms with E-state index in [0.29, 0.717) is 4.90 Å². The number of rotatable bonds is 8. The third-order valence-electron chi connectivity index (χ3n) is 4.81. The lowest BCUT2D eigenvalue weighted by molar-refractivity contribution is 0.140. The predicted molar refractivity (Wildman–Crippen MR) is 115 cm³/mol. The van der Waals surface area contributed by atoms with Gasteiger partial charge in [-0.15, -0.1) is 0 Å². The normalized spacial score (nSPS) is 17.2. The Labute approximate surface area is 169 Å². The summed E-state index contributed by atoms with van der Waals surface area (Å²) < 4.78 is 18.3. The molecule has 4 atom stereocenters. The molecule has 0 unspecified atom stereocenters. The van der Waals surface area contributed by atoms with E-state index in [1.165, 1.54) is 0 Å². The summed E-state index contributed by atoms with van der Waals surface area (Å²) in [4.78, 5) is 0.606. The summed E-state index contributed by atoms with van der Waals surface area (Å²) in [6.07, 6.45) is 1.07. The number of benzene rings is 2. The fourth-order valence-electron chi connectivity index (χ4n) is 2.76. The predicted octanol–water partition coefficient (Wildman–Crippen LogP) is 4.72. The van der Waals surface area contributed by atoms with E-state index in [9.17, 15) is 14.4 Å². The summed E-state index contributed by atoms with van der Waals surface area (Å²) >= 11 is 0. The van der Waals surface area contributed by atoms with Gasteiger partial charge in [0.15, 0.2) is 0 Å². The fraction of sp³-hybridized carbons (Fsp3) is 0.391. The minimum absolute atomic E-state index is 0.0667. The van der Waals surface area contributed by atoms with E-state index in [0.717, 1.165) is 11.1 Å².